The minimum absolute atomic E-state index is 0.00951. The van der Waals surface area contributed by atoms with E-state index in [-0.39, 0.29) is 17.4 Å². The van der Waals surface area contributed by atoms with Crippen molar-refractivity contribution >= 4 is 11.6 Å². The van der Waals surface area contributed by atoms with E-state index in [2.05, 4.69) is 36.0 Å². The number of amides is 1. The average Bonchev–Trinajstić information content (AvgIpc) is 3.25. The Morgan fingerprint density at radius 3 is 2.69 bits per heavy atom. The first kappa shape index (κ1) is 18.5. The highest BCUT2D eigenvalue weighted by molar-refractivity contribution is 5.95. The number of nitrogens with one attached hydrogen (secondary N) is 1. The first-order valence-corrected chi connectivity index (χ1v) is 9.01. The van der Waals surface area contributed by atoms with Gasteiger partial charge in [-0.3, -0.25) is 9.69 Å². The van der Waals surface area contributed by atoms with Crippen molar-refractivity contribution in [1.82, 2.24) is 9.88 Å². The van der Waals surface area contributed by atoms with Crippen LogP contribution in [0.15, 0.2) is 34.9 Å². The van der Waals surface area contributed by atoms with Crippen LogP contribution in [0.5, 0.6) is 5.75 Å². The summed E-state index contributed by atoms with van der Waals surface area (Å²) in [6.45, 7) is 7.71. The van der Waals surface area contributed by atoms with Gasteiger partial charge < -0.3 is 14.5 Å². The van der Waals surface area contributed by atoms with Gasteiger partial charge in [0.1, 0.15) is 11.5 Å². The van der Waals surface area contributed by atoms with E-state index in [0.717, 1.165) is 36.6 Å². The van der Waals surface area contributed by atoms with Crippen LogP contribution in [0.3, 0.4) is 0 Å². The van der Waals surface area contributed by atoms with Gasteiger partial charge in [-0.15, -0.1) is 0 Å². The van der Waals surface area contributed by atoms with Crippen LogP contribution < -0.4 is 10.1 Å². The molecule has 1 aliphatic heterocycles. The summed E-state index contributed by atoms with van der Waals surface area (Å²) >= 11 is 0. The Balaban J connectivity index is 1.63. The summed E-state index contributed by atoms with van der Waals surface area (Å²) in [5.74, 6) is 2.31. The molecule has 140 valence electrons. The van der Waals surface area contributed by atoms with E-state index in [1.807, 2.05) is 24.3 Å². The molecule has 0 aliphatic carbocycles. The molecule has 2 heterocycles. The highest BCUT2D eigenvalue weighted by Crippen LogP contribution is 2.26. The van der Waals surface area contributed by atoms with Crippen molar-refractivity contribution in [1.29, 1.82) is 0 Å². The molecule has 26 heavy (non-hydrogen) atoms. The zero-order valence-electron chi connectivity index (χ0n) is 15.9. The van der Waals surface area contributed by atoms with E-state index in [1.54, 1.807) is 13.3 Å². The molecule has 1 fully saturated rings. The normalized spacial score (nSPS) is 18.1. The summed E-state index contributed by atoms with van der Waals surface area (Å²) in [6.07, 6.45) is 3.63. The first-order valence-electron chi connectivity index (χ1n) is 9.01. The number of anilines is 1. The van der Waals surface area contributed by atoms with Gasteiger partial charge in [-0.2, -0.15) is 0 Å². The number of benzene rings is 1. The zero-order chi connectivity index (χ0) is 18.7. The summed E-state index contributed by atoms with van der Waals surface area (Å²) in [5, 5.41) is 2.99. The minimum atomic E-state index is -0.165. The number of carbonyl (C=O) groups is 1. The van der Waals surface area contributed by atoms with Crippen molar-refractivity contribution in [3.05, 3.63) is 42.1 Å². The number of aromatic nitrogens is 1. The maximum absolute atomic E-state index is 12.7. The molecule has 3 rings (SSSR count). The van der Waals surface area contributed by atoms with E-state index in [9.17, 15) is 4.79 Å². The first-order chi connectivity index (χ1) is 12.4. The van der Waals surface area contributed by atoms with Gasteiger partial charge in [0.05, 0.1) is 25.9 Å². The Labute approximate surface area is 154 Å². The Morgan fingerprint density at radius 1 is 1.35 bits per heavy atom. The maximum Gasteiger partial charge on any atom is 0.241 e. The van der Waals surface area contributed by atoms with Crippen molar-refractivity contribution < 1.29 is 13.9 Å². The summed E-state index contributed by atoms with van der Waals surface area (Å²) in [5.41, 5.74) is 0.704. The van der Waals surface area contributed by atoms with Crippen molar-refractivity contribution in [3.63, 3.8) is 0 Å². The van der Waals surface area contributed by atoms with E-state index in [1.165, 1.54) is 0 Å². The lowest BCUT2D eigenvalue weighted by Crippen LogP contribution is -2.39. The van der Waals surface area contributed by atoms with E-state index >= 15 is 0 Å². The standard InChI is InChI=1S/C20H27N3O3/c1-20(2,3)17-12-21-18(26-17)13-23-11-5-6-16(23)19(24)22-14-7-9-15(25-4)10-8-14/h7-10,12,16H,5-6,11,13H2,1-4H3,(H,22,24)/t16-/m1/s1. The number of hydrogen-bond donors (Lipinski definition) is 1. The molecule has 1 amide bonds. The molecule has 1 aromatic carbocycles. The Morgan fingerprint density at radius 2 is 2.08 bits per heavy atom. The van der Waals surface area contributed by atoms with Crippen LogP contribution in [-0.2, 0) is 16.8 Å². The lowest BCUT2D eigenvalue weighted by Gasteiger charge is -2.22. The Kier molecular flexibility index (Phi) is 5.32. The number of ether oxygens (including phenoxy) is 1. The van der Waals surface area contributed by atoms with Crippen LogP contribution in [0.25, 0.3) is 0 Å². The lowest BCUT2D eigenvalue weighted by atomic mass is 9.94. The Bertz CT molecular complexity index is 746. The molecule has 1 saturated heterocycles. The fourth-order valence-corrected chi connectivity index (χ4v) is 3.12. The van der Waals surface area contributed by atoms with Gasteiger partial charge in [-0.25, -0.2) is 4.98 Å². The quantitative estimate of drug-likeness (QED) is 0.886. The van der Waals surface area contributed by atoms with Gasteiger partial charge >= 0.3 is 0 Å². The third-order valence-electron chi connectivity index (χ3n) is 4.65. The molecule has 1 aliphatic rings. The number of methoxy groups -OCH3 is 1. The van der Waals surface area contributed by atoms with Crippen LogP contribution in [0.2, 0.25) is 0 Å². The molecule has 0 saturated carbocycles. The van der Waals surface area contributed by atoms with Crippen LogP contribution >= 0.6 is 0 Å². The van der Waals surface area contributed by atoms with E-state index in [0.29, 0.717) is 12.4 Å². The molecule has 1 aromatic heterocycles. The molecule has 0 radical (unpaired) electrons. The molecule has 1 atom stereocenters. The molecule has 2 aromatic rings. The maximum atomic E-state index is 12.7. The number of carbonyl (C=O) groups excluding carboxylic acids is 1. The number of nitrogens with zero attached hydrogens (tertiary/aromatic N) is 2. The largest absolute Gasteiger partial charge is 0.497 e. The molecular formula is C20H27N3O3. The summed E-state index contributed by atoms with van der Waals surface area (Å²) < 4.78 is 11.0. The summed E-state index contributed by atoms with van der Waals surface area (Å²) in [7, 11) is 1.62. The van der Waals surface area contributed by atoms with Crippen molar-refractivity contribution in [3.8, 4) is 5.75 Å². The molecular weight excluding hydrogens is 330 g/mol. The highest BCUT2D eigenvalue weighted by Gasteiger charge is 2.32. The molecule has 0 bridgehead atoms. The lowest BCUT2D eigenvalue weighted by molar-refractivity contribution is -0.120. The monoisotopic (exact) mass is 357 g/mol. The van der Waals surface area contributed by atoms with E-state index in [4.69, 9.17) is 9.15 Å². The molecule has 0 unspecified atom stereocenters. The predicted molar refractivity (Wildman–Crippen MR) is 100 cm³/mol. The number of rotatable bonds is 5. The van der Waals surface area contributed by atoms with Crippen molar-refractivity contribution in [2.24, 2.45) is 0 Å². The second-order valence-corrected chi connectivity index (χ2v) is 7.71. The fraction of sp³-hybridized carbons (Fsp3) is 0.500. The van der Waals surface area contributed by atoms with Gasteiger partial charge in [0.15, 0.2) is 0 Å². The fourth-order valence-electron chi connectivity index (χ4n) is 3.12. The second kappa shape index (κ2) is 7.50. The van der Waals surface area contributed by atoms with Crippen LogP contribution in [0.1, 0.15) is 45.3 Å². The predicted octanol–water partition coefficient (Wildman–Crippen LogP) is 3.58. The number of likely N-dealkylation sites (tertiary alicyclic amines) is 1. The van der Waals surface area contributed by atoms with Crippen molar-refractivity contribution in [2.45, 2.75) is 51.6 Å². The molecule has 0 spiro atoms. The minimum Gasteiger partial charge on any atom is -0.497 e. The van der Waals surface area contributed by atoms with E-state index < -0.39 is 0 Å². The smallest absolute Gasteiger partial charge is 0.241 e. The van der Waals surface area contributed by atoms with Gasteiger partial charge in [0.2, 0.25) is 11.8 Å². The number of oxazole rings is 1. The molecule has 6 nitrogen and oxygen atoms in total. The second-order valence-electron chi connectivity index (χ2n) is 7.71. The van der Waals surface area contributed by atoms with Gasteiger partial charge in [-0.1, -0.05) is 20.8 Å². The Hall–Kier alpha value is -2.34. The molecule has 1 N–H and O–H groups in total. The van der Waals surface area contributed by atoms with Crippen molar-refractivity contribution in [2.75, 3.05) is 19.0 Å². The SMILES string of the molecule is COc1ccc(NC(=O)[C@H]2CCCN2Cc2ncc(C(C)(C)C)o2)cc1. The van der Waals surface area contributed by atoms with Gasteiger partial charge in [-0.05, 0) is 43.7 Å². The van der Waals surface area contributed by atoms with Crippen LogP contribution in [0.4, 0.5) is 5.69 Å². The molecule has 6 heteroatoms. The third kappa shape index (κ3) is 4.25. The third-order valence-corrected chi connectivity index (χ3v) is 4.65. The van der Waals surface area contributed by atoms with Gasteiger partial charge in [0, 0.05) is 11.1 Å². The average molecular weight is 357 g/mol. The van der Waals surface area contributed by atoms with Crippen LogP contribution in [-0.4, -0.2) is 35.5 Å². The topological polar surface area (TPSA) is 67.6 Å². The number of hydrogen-bond acceptors (Lipinski definition) is 5. The van der Waals surface area contributed by atoms with Gasteiger partial charge in [0.25, 0.3) is 0 Å². The summed E-state index contributed by atoms with van der Waals surface area (Å²) in [4.78, 5) is 19.2. The highest BCUT2D eigenvalue weighted by atomic mass is 16.5. The zero-order valence-corrected chi connectivity index (χ0v) is 15.9. The van der Waals surface area contributed by atoms with Crippen LogP contribution in [0, 0.1) is 0 Å². The summed E-state index contributed by atoms with van der Waals surface area (Å²) in [6, 6.07) is 7.20.